The summed E-state index contributed by atoms with van der Waals surface area (Å²) < 4.78 is 12.3. The highest BCUT2D eigenvalue weighted by atomic mass is 79.9. The van der Waals surface area contributed by atoms with Gasteiger partial charge < -0.3 is 14.8 Å². The maximum absolute atomic E-state index is 12.2. The standard InChI is InChI=1S/C25H16Br2N2O5/c26-18-7-3-16(4-8-18)23(31)28-14-22(30)33-20-11-1-15(2-12-20)13-21-25(32)34-24(29-21)17-5-9-19(27)10-6-17/h1-13H,14H2,(H,28,31)/b21-13+. The Morgan fingerprint density at radius 2 is 1.53 bits per heavy atom. The zero-order chi connectivity index (χ0) is 24.1. The molecule has 1 amide bonds. The van der Waals surface area contributed by atoms with Gasteiger partial charge in [-0.15, -0.1) is 0 Å². The number of carbonyl (C=O) groups is 3. The molecule has 0 atom stereocenters. The molecule has 3 aromatic rings. The first-order valence-electron chi connectivity index (χ1n) is 10.0. The van der Waals surface area contributed by atoms with Crippen molar-refractivity contribution in [3.63, 3.8) is 0 Å². The lowest BCUT2D eigenvalue weighted by Crippen LogP contribution is -2.31. The van der Waals surface area contributed by atoms with Crippen LogP contribution in [-0.2, 0) is 14.3 Å². The van der Waals surface area contributed by atoms with Crippen molar-refractivity contribution >= 4 is 61.7 Å². The van der Waals surface area contributed by atoms with Crippen LogP contribution in [0.25, 0.3) is 6.08 Å². The number of esters is 2. The third-order valence-corrected chi connectivity index (χ3v) is 5.68. The summed E-state index contributed by atoms with van der Waals surface area (Å²) in [5.74, 6) is -0.995. The van der Waals surface area contributed by atoms with Crippen LogP contribution in [0.4, 0.5) is 0 Å². The number of nitrogens with one attached hydrogen (secondary N) is 1. The number of amides is 1. The van der Waals surface area contributed by atoms with Crippen LogP contribution < -0.4 is 10.1 Å². The van der Waals surface area contributed by atoms with Crippen LogP contribution >= 0.6 is 31.9 Å². The molecule has 0 fully saturated rings. The number of cyclic esters (lactones) is 1. The molecule has 3 aromatic carbocycles. The Kier molecular flexibility index (Phi) is 7.34. The Hall–Kier alpha value is -3.56. The highest BCUT2D eigenvalue weighted by molar-refractivity contribution is 9.10. The van der Waals surface area contributed by atoms with Crippen molar-refractivity contribution in [2.45, 2.75) is 0 Å². The van der Waals surface area contributed by atoms with Gasteiger partial charge in [0.25, 0.3) is 5.91 Å². The van der Waals surface area contributed by atoms with Gasteiger partial charge in [0.05, 0.1) is 0 Å². The zero-order valence-electron chi connectivity index (χ0n) is 17.5. The smallest absolute Gasteiger partial charge is 0.363 e. The number of carbonyl (C=O) groups excluding carboxylic acids is 3. The van der Waals surface area contributed by atoms with Crippen LogP contribution in [0.15, 0.2) is 92.4 Å². The van der Waals surface area contributed by atoms with Crippen LogP contribution in [0, 0.1) is 0 Å². The molecule has 7 nitrogen and oxygen atoms in total. The Balaban J connectivity index is 1.34. The molecule has 0 aromatic heterocycles. The maximum Gasteiger partial charge on any atom is 0.363 e. The number of benzene rings is 3. The normalized spacial score (nSPS) is 13.9. The van der Waals surface area contributed by atoms with Gasteiger partial charge in [-0.1, -0.05) is 44.0 Å². The minimum absolute atomic E-state index is 0.165. The first-order chi connectivity index (χ1) is 16.4. The highest BCUT2D eigenvalue weighted by Gasteiger charge is 2.24. The lowest BCUT2D eigenvalue weighted by molar-refractivity contribution is -0.133. The van der Waals surface area contributed by atoms with E-state index in [4.69, 9.17) is 9.47 Å². The molecule has 0 spiro atoms. The zero-order valence-corrected chi connectivity index (χ0v) is 20.6. The summed E-state index contributed by atoms with van der Waals surface area (Å²) >= 11 is 6.66. The SMILES string of the molecule is O=C(CNC(=O)c1ccc(Br)cc1)Oc1ccc(/C=C2/N=C(c3ccc(Br)cc3)OC2=O)cc1. The van der Waals surface area contributed by atoms with E-state index < -0.39 is 11.9 Å². The molecule has 34 heavy (non-hydrogen) atoms. The third-order valence-electron chi connectivity index (χ3n) is 4.63. The molecule has 1 aliphatic heterocycles. The molecule has 0 unspecified atom stereocenters. The molecule has 0 saturated carbocycles. The minimum Gasteiger partial charge on any atom is -0.425 e. The molecule has 1 N–H and O–H groups in total. The Bertz CT molecular complexity index is 1300. The van der Waals surface area contributed by atoms with E-state index in [9.17, 15) is 14.4 Å². The molecule has 0 radical (unpaired) electrons. The number of aliphatic imine (C=N–C) groups is 1. The number of ether oxygens (including phenoxy) is 2. The van der Waals surface area contributed by atoms with Crippen LogP contribution in [0.1, 0.15) is 21.5 Å². The molecule has 1 aliphatic rings. The topological polar surface area (TPSA) is 94.1 Å². The summed E-state index contributed by atoms with van der Waals surface area (Å²) in [5.41, 5.74) is 1.97. The molecular formula is C25H16Br2N2O5. The second-order valence-electron chi connectivity index (χ2n) is 7.08. The molecule has 0 saturated heterocycles. The fourth-order valence-corrected chi connectivity index (χ4v) is 3.47. The summed E-state index contributed by atoms with van der Waals surface area (Å²) in [6.45, 7) is -0.278. The van der Waals surface area contributed by atoms with Crippen molar-refractivity contribution in [3.05, 3.63) is 104 Å². The first-order valence-corrected chi connectivity index (χ1v) is 11.6. The van der Waals surface area contributed by atoms with E-state index >= 15 is 0 Å². The maximum atomic E-state index is 12.2. The van der Waals surface area contributed by atoms with Crippen LogP contribution in [0.5, 0.6) is 5.75 Å². The van der Waals surface area contributed by atoms with Crippen molar-refractivity contribution in [3.8, 4) is 5.75 Å². The van der Waals surface area contributed by atoms with Gasteiger partial charge in [0.15, 0.2) is 5.70 Å². The quantitative estimate of drug-likeness (QED) is 0.253. The van der Waals surface area contributed by atoms with Gasteiger partial charge in [-0.2, -0.15) is 0 Å². The average Bonchev–Trinajstić information content (AvgIpc) is 3.19. The van der Waals surface area contributed by atoms with Gasteiger partial charge in [-0.25, -0.2) is 14.6 Å². The lowest BCUT2D eigenvalue weighted by atomic mass is 10.2. The van der Waals surface area contributed by atoms with Crippen molar-refractivity contribution < 1.29 is 23.9 Å². The van der Waals surface area contributed by atoms with E-state index in [-0.39, 0.29) is 24.0 Å². The summed E-state index contributed by atoms with van der Waals surface area (Å²) in [5, 5.41) is 2.52. The molecule has 9 heteroatoms. The van der Waals surface area contributed by atoms with Gasteiger partial charge in [-0.05, 0) is 72.3 Å². The van der Waals surface area contributed by atoms with Crippen LogP contribution in [0.2, 0.25) is 0 Å². The van der Waals surface area contributed by atoms with Gasteiger partial charge in [0, 0.05) is 20.1 Å². The second-order valence-corrected chi connectivity index (χ2v) is 8.91. The number of halogens is 2. The third kappa shape index (κ3) is 6.06. The summed E-state index contributed by atoms with van der Waals surface area (Å²) in [7, 11) is 0. The minimum atomic E-state index is -0.611. The van der Waals surface area contributed by atoms with E-state index in [0.717, 1.165) is 8.95 Å². The largest absolute Gasteiger partial charge is 0.425 e. The molecular weight excluding hydrogens is 568 g/mol. The molecule has 0 bridgehead atoms. The average molecular weight is 584 g/mol. The van der Waals surface area contributed by atoms with Crippen molar-refractivity contribution in [2.24, 2.45) is 4.99 Å². The monoisotopic (exact) mass is 582 g/mol. The van der Waals surface area contributed by atoms with Gasteiger partial charge in [0.1, 0.15) is 12.3 Å². The summed E-state index contributed by atoms with van der Waals surface area (Å²) in [4.78, 5) is 40.6. The highest BCUT2D eigenvalue weighted by Crippen LogP contribution is 2.21. The second kappa shape index (κ2) is 10.6. The number of hydrogen-bond acceptors (Lipinski definition) is 6. The Morgan fingerprint density at radius 3 is 2.18 bits per heavy atom. The lowest BCUT2D eigenvalue weighted by Gasteiger charge is -2.07. The van der Waals surface area contributed by atoms with E-state index in [0.29, 0.717) is 22.4 Å². The van der Waals surface area contributed by atoms with E-state index in [1.165, 1.54) is 0 Å². The fourth-order valence-electron chi connectivity index (χ4n) is 2.94. The number of hydrogen-bond donors (Lipinski definition) is 1. The molecule has 4 rings (SSSR count). The fraction of sp³-hybridized carbons (Fsp3) is 0.0400. The summed E-state index contributed by atoms with van der Waals surface area (Å²) in [6.07, 6.45) is 1.58. The molecule has 0 aliphatic carbocycles. The Labute approximate surface area is 211 Å². The predicted octanol–water partition coefficient (Wildman–Crippen LogP) is 4.89. The molecule has 170 valence electrons. The van der Waals surface area contributed by atoms with Crippen LogP contribution in [0.3, 0.4) is 0 Å². The first kappa shape index (κ1) is 23.6. The van der Waals surface area contributed by atoms with Crippen molar-refractivity contribution in [2.75, 3.05) is 6.54 Å². The van der Waals surface area contributed by atoms with Gasteiger partial charge in [0.2, 0.25) is 5.90 Å². The van der Waals surface area contributed by atoms with Crippen molar-refractivity contribution in [1.82, 2.24) is 5.32 Å². The van der Waals surface area contributed by atoms with Crippen molar-refractivity contribution in [1.29, 1.82) is 0 Å². The van der Waals surface area contributed by atoms with Crippen LogP contribution in [-0.4, -0.2) is 30.3 Å². The van der Waals surface area contributed by atoms with Gasteiger partial charge in [-0.3, -0.25) is 4.79 Å². The predicted molar refractivity (Wildman–Crippen MR) is 133 cm³/mol. The number of nitrogens with zero attached hydrogens (tertiary/aromatic N) is 1. The Morgan fingerprint density at radius 1 is 0.912 bits per heavy atom. The number of rotatable bonds is 6. The van der Waals surface area contributed by atoms with E-state index in [1.54, 1.807) is 66.7 Å². The van der Waals surface area contributed by atoms with E-state index in [2.05, 4.69) is 42.2 Å². The van der Waals surface area contributed by atoms with Gasteiger partial charge >= 0.3 is 11.9 Å². The molecule has 1 heterocycles. The summed E-state index contributed by atoms with van der Waals surface area (Å²) in [6, 6.07) is 20.5. The van der Waals surface area contributed by atoms with E-state index in [1.807, 2.05) is 12.1 Å².